The van der Waals surface area contributed by atoms with Gasteiger partial charge < -0.3 is 9.64 Å². The molecule has 1 amide bonds. The number of carbonyl (C=O) groups is 1. The van der Waals surface area contributed by atoms with Gasteiger partial charge in [0.1, 0.15) is 12.3 Å². The first kappa shape index (κ1) is 19.8. The highest BCUT2D eigenvalue weighted by molar-refractivity contribution is 7.86. The van der Waals surface area contributed by atoms with Crippen LogP contribution in [-0.4, -0.2) is 34.9 Å². The van der Waals surface area contributed by atoms with Crippen molar-refractivity contribution in [1.82, 2.24) is 0 Å². The Morgan fingerprint density at radius 3 is 2.31 bits per heavy atom. The second-order valence-electron chi connectivity index (χ2n) is 7.69. The van der Waals surface area contributed by atoms with Crippen molar-refractivity contribution in [2.24, 2.45) is 5.41 Å². The van der Waals surface area contributed by atoms with Crippen molar-refractivity contribution < 1.29 is 22.5 Å². The third kappa shape index (κ3) is 4.42. The third-order valence-corrected chi connectivity index (χ3v) is 7.42. The highest BCUT2D eigenvalue weighted by Gasteiger charge is 2.45. The Hall–Kier alpha value is -2.48. The fourth-order valence-electron chi connectivity index (χ4n) is 3.95. The highest BCUT2D eigenvalue weighted by atomic mass is 32.2. The molecule has 2 saturated heterocycles. The maximum absolute atomic E-state index is 14.6. The lowest BCUT2D eigenvalue weighted by Crippen LogP contribution is -2.52. The van der Waals surface area contributed by atoms with E-state index in [4.69, 9.17) is 4.74 Å². The minimum absolute atomic E-state index is 0.00433. The Kier molecular flexibility index (Phi) is 5.54. The van der Waals surface area contributed by atoms with E-state index in [1.807, 2.05) is 30.3 Å². The van der Waals surface area contributed by atoms with Gasteiger partial charge in [-0.1, -0.05) is 30.3 Å². The smallest absolute Gasteiger partial charge is 0.411 e. The summed E-state index contributed by atoms with van der Waals surface area (Å²) in [6.07, 6.45) is 0.783. The molecule has 2 aliphatic heterocycles. The van der Waals surface area contributed by atoms with E-state index < -0.39 is 28.5 Å². The average Bonchev–Trinajstić information content (AvgIpc) is 2.67. The number of hydrogen-bond acceptors (Lipinski definition) is 4. The van der Waals surface area contributed by atoms with E-state index in [9.17, 15) is 17.8 Å². The van der Waals surface area contributed by atoms with Crippen molar-refractivity contribution >= 4 is 28.3 Å². The first-order chi connectivity index (χ1) is 13.9. The molecule has 0 unspecified atom stereocenters. The van der Waals surface area contributed by atoms with E-state index in [2.05, 4.69) is 5.32 Å². The van der Waals surface area contributed by atoms with E-state index in [0.29, 0.717) is 24.6 Å². The topological polar surface area (TPSA) is 58.6 Å². The van der Waals surface area contributed by atoms with Gasteiger partial charge in [-0.15, -0.1) is 0 Å². The monoisotopic (exact) mass is 420 g/mol. The summed E-state index contributed by atoms with van der Waals surface area (Å²) < 4.78 is 45.7. The minimum atomic E-state index is -0.779. The number of hydrogen-bond donors (Lipinski definition) is 1. The number of rotatable bonds is 4. The number of amides is 1. The van der Waals surface area contributed by atoms with Gasteiger partial charge >= 0.3 is 6.09 Å². The van der Waals surface area contributed by atoms with Crippen LogP contribution in [0.5, 0.6) is 0 Å². The molecule has 0 atom stereocenters. The van der Waals surface area contributed by atoms with Crippen molar-refractivity contribution in [3.8, 4) is 0 Å². The zero-order valence-electron chi connectivity index (χ0n) is 15.8. The summed E-state index contributed by atoms with van der Waals surface area (Å²) >= 11 is 0. The molecule has 0 radical (unpaired) electrons. The average molecular weight is 420 g/mol. The van der Waals surface area contributed by atoms with Gasteiger partial charge in [0.15, 0.2) is 11.6 Å². The van der Waals surface area contributed by atoms with Crippen LogP contribution >= 0.6 is 0 Å². The van der Waals surface area contributed by atoms with Crippen molar-refractivity contribution in [3.63, 3.8) is 0 Å². The normalized spacial score (nSPS) is 18.3. The summed E-state index contributed by atoms with van der Waals surface area (Å²) in [6, 6.07) is 11.3. The maximum atomic E-state index is 14.6. The van der Waals surface area contributed by atoms with Gasteiger partial charge in [0.2, 0.25) is 0 Å². The number of benzene rings is 2. The number of piperidine rings is 1. The number of carbonyl (C=O) groups excluding carboxylic acids is 1. The van der Waals surface area contributed by atoms with Gasteiger partial charge in [-0.25, -0.2) is 13.6 Å². The van der Waals surface area contributed by atoms with Crippen LogP contribution in [0, 0.1) is 17.0 Å². The Bertz CT molecular complexity index is 898. The molecule has 0 aromatic heterocycles. The van der Waals surface area contributed by atoms with E-state index in [0.717, 1.165) is 30.5 Å². The number of nitrogens with zero attached hydrogens (tertiary/aromatic N) is 1. The van der Waals surface area contributed by atoms with Gasteiger partial charge in [0.25, 0.3) is 0 Å². The zero-order valence-corrected chi connectivity index (χ0v) is 16.6. The largest absolute Gasteiger partial charge is 0.444 e. The molecule has 1 N–H and O–H groups in total. The lowest BCUT2D eigenvalue weighted by Gasteiger charge is -2.47. The molecule has 2 heterocycles. The number of nitrogens with one attached hydrogen (secondary N) is 1. The quantitative estimate of drug-likeness (QED) is 0.810. The van der Waals surface area contributed by atoms with E-state index in [-0.39, 0.29) is 23.4 Å². The summed E-state index contributed by atoms with van der Waals surface area (Å²) in [7, 11) is -0.735. The molecular weight excluding hydrogens is 398 g/mol. The SMILES string of the molecule is O=C(Nc1cc(F)c(N2CCC3(CC2)CS(=O)C3)c(F)c1)OCc1ccccc1. The minimum Gasteiger partial charge on any atom is -0.444 e. The summed E-state index contributed by atoms with van der Waals surface area (Å²) in [4.78, 5) is 13.6. The molecule has 0 aliphatic carbocycles. The molecule has 2 aliphatic rings. The Labute approximate surface area is 170 Å². The van der Waals surface area contributed by atoms with Crippen LogP contribution in [0.1, 0.15) is 18.4 Å². The molecule has 0 bridgehead atoms. The summed E-state index contributed by atoms with van der Waals surface area (Å²) in [5, 5.41) is 2.37. The molecule has 4 rings (SSSR count). The highest BCUT2D eigenvalue weighted by Crippen LogP contribution is 2.42. The third-order valence-electron chi connectivity index (χ3n) is 5.55. The standard InChI is InChI=1S/C21H22F2N2O3S/c22-17-10-16(24-20(26)28-12-15-4-2-1-3-5-15)11-18(23)19(17)25-8-6-21(7-9-25)13-29(27)14-21/h1-5,10-11H,6-9,12-14H2,(H,24,26). The van der Waals surface area contributed by atoms with Crippen LogP contribution in [0.25, 0.3) is 0 Å². The van der Waals surface area contributed by atoms with E-state index in [1.54, 1.807) is 4.90 Å². The van der Waals surface area contributed by atoms with Crippen LogP contribution < -0.4 is 10.2 Å². The molecule has 2 aromatic rings. The molecule has 5 nitrogen and oxygen atoms in total. The van der Waals surface area contributed by atoms with Crippen molar-refractivity contribution in [1.29, 1.82) is 0 Å². The Balaban J connectivity index is 1.37. The maximum Gasteiger partial charge on any atom is 0.411 e. The van der Waals surface area contributed by atoms with E-state index >= 15 is 0 Å². The zero-order chi connectivity index (χ0) is 20.4. The predicted octanol–water partition coefficient (Wildman–Crippen LogP) is 4.06. The number of anilines is 2. The van der Waals surface area contributed by atoms with Gasteiger partial charge in [0.05, 0.1) is 0 Å². The number of ether oxygens (including phenoxy) is 1. The van der Waals surface area contributed by atoms with E-state index in [1.165, 1.54) is 0 Å². The van der Waals surface area contributed by atoms with Gasteiger partial charge in [-0.05, 0) is 36.0 Å². The summed E-state index contributed by atoms with van der Waals surface area (Å²) in [5.74, 6) is -0.0625. The van der Waals surface area contributed by atoms with Crippen LogP contribution in [0.4, 0.5) is 25.0 Å². The fraction of sp³-hybridized carbons (Fsp3) is 0.381. The number of halogens is 2. The van der Waals surface area contributed by atoms with Gasteiger partial charge in [-0.3, -0.25) is 9.53 Å². The van der Waals surface area contributed by atoms with Crippen LogP contribution in [0.2, 0.25) is 0 Å². The van der Waals surface area contributed by atoms with Crippen LogP contribution in [-0.2, 0) is 22.1 Å². The van der Waals surface area contributed by atoms with Crippen molar-refractivity contribution in [2.45, 2.75) is 19.4 Å². The molecule has 2 fully saturated rings. The molecule has 154 valence electrons. The van der Waals surface area contributed by atoms with Crippen LogP contribution in [0.15, 0.2) is 42.5 Å². The molecular formula is C21H22F2N2O3S. The first-order valence-electron chi connectivity index (χ1n) is 9.51. The summed E-state index contributed by atoms with van der Waals surface area (Å²) in [5.41, 5.74) is 0.819. The van der Waals surface area contributed by atoms with Gasteiger partial charge in [-0.2, -0.15) is 0 Å². The molecule has 0 saturated carbocycles. The second kappa shape index (κ2) is 8.10. The molecule has 2 aromatic carbocycles. The van der Waals surface area contributed by atoms with Crippen molar-refractivity contribution in [3.05, 3.63) is 59.7 Å². The first-order valence-corrected chi connectivity index (χ1v) is 11.0. The fourth-order valence-corrected chi connectivity index (χ4v) is 5.81. The Morgan fingerprint density at radius 1 is 1.10 bits per heavy atom. The van der Waals surface area contributed by atoms with Gasteiger partial charge in [0, 0.05) is 41.1 Å². The molecule has 1 spiro atoms. The Morgan fingerprint density at radius 2 is 1.72 bits per heavy atom. The van der Waals surface area contributed by atoms with Crippen LogP contribution in [0.3, 0.4) is 0 Å². The predicted molar refractivity (Wildman–Crippen MR) is 108 cm³/mol. The second-order valence-corrected chi connectivity index (χ2v) is 9.15. The summed E-state index contributed by atoms with van der Waals surface area (Å²) in [6.45, 7) is 1.11. The molecule has 8 heteroatoms. The lowest BCUT2D eigenvalue weighted by atomic mass is 9.81. The lowest BCUT2D eigenvalue weighted by molar-refractivity contribution is 0.155. The van der Waals surface area contributed by atoms with Crippen molar-refractivity contribution in [2.75, 3.05) is 34.8 Å². The molecule has 29 heavy (non-hydrogen) atoms.